The first-order valence-corrected chi connectivity index (χ1v) is 4.33. The van der Waals surface area contributed by atoms with Crippen LogP contribution in [0.1, 0.15) is 19.3 Å². The molecule has 1 N–H and O–H groups in total. The van der Waals surface area contributed by atoms with E-state index in [0.717, 1.165) is 25.3 Å². The lowest BCUT2D eigenvalue weighted by Crippen LogP contribution is -2.25. The van der Waals surface area contributed by atoms with E-state index in [1.54, 1.807) is 0 Å². The molecule has 11 heavy (non-hydrogen) atoms. The second-order valence-corrected chi connectivity index (χ2v) is 3.16. The number of nitrogens with one attached hydrogen (secondary N) is 1. The van der Waals surface area contributed by atoms with Gasteiger partial charge < -0.3 is 5.32 Å². The Bertz CT molecular complexity index is 124. The fraction of sp³-hybridized carbons (Fsp3) is 0.600. The van der Waals surface area contributed by atoms with Gasteiger partial charge in [-0.3, -0.25) is 0 Å². The van der Waals surface area contributed by atoms with Gasteiger partial charge in [0.05, 0.1) is 0 Å². The maximum absolute atomic E-state index is 3.77. The van der Waals surface area contributed by atoms with Crippen molar-refractivity contribution in [2.45, 2.75) is 25.3 Å². The molecule has 0 aliphatic carbocycles. The number of hydrogen-bond acceptors (Lipinski definition) is 1. The Morgan fingerprint density at radius 3 is 2.64 bits per heavy atom. The summed E-state index contributed by atoms with van der Waals surface area (Å²) in [6, 6.07) is 0.658. The molecule has 1 saturated heterocycles. The highest BCUT2D eigenvalue weighted by molar-refractivity contribution is 4.91. The van der Waals surface area contributed by atoms with Crippen LogP contribution in [0.2, 0.25) is 0 Å². The van der Waals surface area contributed by atoms with Crippen molar-refractivity contribution in [3.05, 3.63) is 25.3 Å². The zero-order valence-corrected chi connectivity index (χ0v) is 7.05. The molecule has 1 heterocycles. The lowest BCUT2D eigenvalue weighted by Gasteiger charge is -2.15. The third-order valence-electron chi connectivity index (χ3n) is 2.38. The van der Waals surface area contributed by atoms with Crippen molar-refractivity contribution in [1.82, 2.24) is 5.32 Å². The second-order valence-electron chi connectivity index (χ2n) is 3.16. The molecule has 0 aromatic rings. The van der Waals surface area contributed by atoms with E-state index in [9.17, 15) is 0 Å². The molecule has 0 saturated carbocycles. The molecule has 1 fully saturated rings. The molecular formula is C10H17N. The molecule has 0 aromatic heterocycles. The first-order chi connectivity index (χ1) is 5.38. The summed E-state index contributed by atoms with van der Waals surface area (Å²) in [4.78, 5) is 0. The van der Waals surface area contributed by atoms with Crippen molar-refractivity contribution in [2.75, 3.05) is 6.54 Å². The minimum atomic E-state index is 0.658. The number of rotatable bonds is 4. The quantitative estimate of drug-likeness (QED) is 0.607. The molecule has 0 bridgehead atoms. The summed E-state index contributed by atoms with van der Waals surface area (Å²) in [5.41, 5.74) is 0. The highest BCUT2D eigenvalue weighted by Crippen LogP contribution is 2.21. The molecule has 1 rings (SSSR count). The molecule has 2 atom stereocenters. The van der Waals surface area contributed by atoms with Gasteiger partial charge >= 0.3 is 0 Å². The van der Waals surface area contributed by atoms with Crippen molar-refractivity contribution < 1.29 is 0 Å². The highest BCUT2D eigenvalue weighted by Gasteiger charge is 2.23. The average Bonchev–Trinajstić information content (AvgIpc) is 2.39. The predicted molar refractivity (Wildman–Crippen MR) is 49.5 cm³/mol. The minimum Gasteiger partial charge on any atom is -0.313 e. The highest BCUT2D eigenvalue weighted by atomic mass is 14.9. The number of allylic oxidation sites excluding steroid dienone is 1. The molecule has 1 heteroatoms. The van der Waals surface area contributed by atoms with Crippen LogP contribution < -0.4 is 5.32 Å². The summed E-state index contributed by atoms with van der Waals surface area (Å²) in [6.07, 6.45) is 7.56. The second kappa shape index (κ2) is 4.35. The molecule has 1 aliphatic rings. The normalized spacial score (nSPS) is 30.2. The van der Waals surface area contributed by atoms with Gasteiger partial charge in [0, 0.05) is 6.04 Å². The first-order valence-electron chi connectivity index (χ1n) is 4.33. The van der Waals surface area contributed by atoms with Crippen molar-refractivity contribution in [3.63, 3.8) is 0 Å². The molecule has 0 spiro atoms. The van der Waals surface area contributed by atoms with E-state index in [0.29, 0.717) is 6.04 Å². The Hall–Kier alpha value is -0.560. The monoisotopic (exact) mass is 151 g/mol. The largest absolute Gasteiger partial charge is 0.313 e. The van der Waals surface area contributed by atoms with Gasteiger partial charge in [-0.15, -0.1) is 13.2 Å². The van der Waals surface area contributed by atoms with Crippen LogP contribution in [0.3, 0.4) is 0 Å². The molecule has 1 aliphatic heterocycles. The lowest BCUT2D eigenvalue weighted by atomic mass is 9.95. The van der Waals surface area contributed by atoms with Crippen molar-refractivity contribution in [1.29, 1.82) is 0 Å². The summed E-state index contributed by atoms with van der Waals surface area (Å²) in [6.45, 7) is 8.68. The molecule has 0 aromatic carbocycles. The van der Waals surface area contributed by atoms with Crippen LogP contribution in [-0.4, -0.2) is 12.6 Å². The summed E-state index contributed by atoms with van der Waals surface area (Å²) in [5.74, 6) is 0.797. The molecule has 62 valence electrons. The van der Waals surface area contributed by atoms with Crippen molar-refractivity contribution in [2.24, 2.45) is 5.92 Å². The van der Waals surface area contributed by atoms with Crippen LogP contribution in [0.4, 0.5) is 0 Å². The fourth-order valence-corrected chi connectivity index (χ4v) is 1.77. The maximum atomic E-state index is 3.77. The van der Waals surface area contributed by atoms with Crippen LogP contribution in [0.15, 0.2) is 25.3 Å². The third-order valence-corrected chi connectivity index (χ3v) is 2.38. The van der Waals surface area contributed by atoms with E-state index in [2.05, 4.69) is 18.5 Å². The lowest BCUT2D eigenvalue weighted by molar-refractivity contribution is 0.455. The van der Waals surface area contributed by atoms with E-state index in [1.807, 2.05) is 12.2 Å². The number of hydrogen-bond donors (Lipinski definition) is 1. The van der Waals surface area contributed by atoms with E-state index in [4.69, 9.17) is 0 Å². The fourth-order valence-electron chi connectivity index (χ4n) is 1.77. The zero-order chi connectivity index (χ0) is 8.10. The van der Waals surface area contributed by atoms with Gasteiger partial charge in [0.25, 0.3) is 0 Å². The Morgan fingerprint density at radius 1 is 1.27 bits per heavy atom. The summed E-state index contributed by atoms with van der Waals surface area (Å²) >= 11 is 0. The van der Waals surface area contributed by atoms with Crippen molar-refractivity contribution >= 4 is 0 Å². The smallest absolute Gasteiger partial charge is 0.0133 e. The van der Waals surface area contributed by atoms with Gasteiger partial charge in [-0.05, 0) is 31.7 Å². The Kier molecular flexibility index (Phi) is 3.37. The van der Waals surface area contributed by atoms with E-state index in [-0.39, 0.29) is 0 Å². The molecular weight excluding hydrogens is 134 g/mol. The standard InChI is InChI=1S/C10H17N/c1-3-5-9-7-8-11-10(9)6-4-2/h3-4,9-11H,1-2,5-8H2. The summed E-state index contributed by atoms with van der Waals surface area (Å²) in [7, 11) is 0. The van der Waals surface area contributed by atoms with Crippen LogP contribution in [0, 0.1) is 5.92 Å². The average molecular weight is 151 g/mol. The third kappa shape index (κ3) is 2.19. The van der Waals surface area contributed by atoms with Crippen LogP contribution in [-0.2, 0) is 0 Å². The van der Waals surface area contributed by atoms with Crippen LogP contribution >= 0.6 is 0 Å². The summed E-state index contributed by atoms with van der Waals surface area (Å²) in [5, 5.41) is 3.47. The minimum absolute atomic E-state index is 0.658. The maximum Gasteiger partial charge on any atom is 0.0133 e. The van der Waals surface area contributed by atoms with Gasteiger partial charge in [-0.1, -0.05) is 12.2 Å². The van der Waals surface area contributed by atoms with Crippen LogP contribution in [0.25, 0.3) is 0 Å². The van der Waals surface area contributed by atoms with E-state index in [1.165, 1.54) is 6.42 Å². The Labute approximate surface area is 69.2 Å². The van der Waals surface area contributed by atoms with E-state index >= 15 is 0 Å². The topological polar surface area (TPSA) is 12.0 Å². The van der Waals surface area contributed by atoms with E-state index < -0.39 is 0 Å². The first kappa shape index (κ1) is 8.54. The van der Waals surface area contributed by atoms with Gasteiger partial charge in [-0.25, -0.2) is 0 Å². The van der Waals surface area contributed by atoms with Crippen LogP contribution in [0.5, 0.6) is 0 Å². The molecule has 2 unspecified atom stereocenters. The van der Waals surface area contributed by atoms with Gasteiger partial charge in [0.15, 0.2) is 0 Å². The van der Waals surface area contributed by atoms with Gasteiger partial charge in [-0.2, -0.15) is 0 Å². The molecule has 0 radical (unpaired) electrons. The Balaban J connectivity index is 2.36. The molecule has 1 nitrogen and oxygen atoms in total. The van der Waals surface area contributed by atoms with Crippen molar-refractivity contribution in [3.8, 4) is 0 Å². The van der Waals surface area contributed by atoms with Gasteiger partial charge in [0.2, 0.25) is 0 Å². The zero-order valence-electron chi connectivity index (χ0n) is 7.05. The predicted octanol–water partition coefficient (Wildman–Crippen LogP) is 2.12. The Morgan fingerprint density at radius 2 is 2.00 bits per heavy atom. The molecule has 0 amide bonds. The SMILES string of the molecule is C=CCC1CCNC1CC=C. The van der Waals surface area contributed by atoms with Gasteiger partial charge in [0.1, 0.15) is 0 Å². The summed E-state index contributed by atoms with van der Waals surface area (Å²) < 4.78 is 0.